The van der Waals surface area contributed by atoms with Crippen molar-refractivity contribution in [1.82, 2.24) is 10.5 Å². The predicted molar refractivity (Wildman–Crippen MR) is 115 cm³/mol. The van der Waals surface area contributed by atoms with E-state index in [0.717, 1.165) is 16.3 Å². The number of aromatic nitrogens is 1. The van der Waals surface area contributed by atoms with Crippen LogP contribution in [0.1, 0.15) is 27.4 Å². The smallest absolute Gasteiger partial charge is 0.422 e. The van der Waals surface area contributed by atoms with E-state index in [1.165, 1.54) is 0 Å². The van der Waals surface area contributed by atoms with Crippen molar-refractivity contribution in [2.75, 3.05) is 6.54 Å². The number of pyridine rings is 1. The molecule has 0 bridgehead atoms. The van der Waals surface area contributed by atoms with Crippen LogP contribution in [0.25, 0.3) is 10.8 Å². The molecule has 0 aliphatic carbocycles. The highest BCUT2D eigenvalue weighted by atomic mass is 32.1. The summed E-state index contributed by atoms with van der Waals surface area (Å²) in [5.41, 5.74) is 10.2. The average molecular weight is 409 g/mol. The Bertz CT molecular complexity index is 1080. The maximum Gasteiger partial charge on any atom is 0.515 e. The van der Waals surface area contributed by atoms with E-state index in [-0.39, 0.29) is 37.8 Å². The highest BCUT2D eigenvalue weighted by molar-refractivity contribution is 7.59. The highest BCUT2D eigenvalue weighted by Crippen LogP contribution is 2.21. The van der Waals surface area contributed by atoms with Crippen LogP contribution < -0.4 is 16.7 Å². The number of nitrogens with one attached hydrogen (secondary N) is 1. The quantitative estimate of drug-likeness (QED) is 0.531. The molecule has 0 saturated heterocycles. The molecule has 1 aliphatic rings. The summed E-state index contributed by atoms with van der Waals surface area (Å²) in [4.78, 5) is 29.0. The second-order valence-corrected chi connectivity index (χ2v) is 6.74. The fourth-order valence-electron chi connectivity index (χ4n) is 3.45. The minimum atomic E-state index is -1.24. The number of carbonyl (C=O) groups is 2. The molecule has 2 aromatic carbocycles. The number of hydroxylamine groups is 1. The number of benzene rings is 2. The lowest BCUT2D eigenvalue weighted by molar-refractivity contribution is -0.119. The first-order chi connectivity index (χ1) is 13.6. The van der Waals surface area contributed by atoms with Gasteiger partial charge in [0.15, 0.2) is 0 Å². The SMILES string of the molecule is NC[C@@H](C(=O)Cc1ccc2cnccc2c1)c1ccc2c(c1)C(=O)NOB2O.S. The second-order valence-electron chi connectivity index (χ2n) is 6.74. The van der Waals surface area contributed by atoms with E-state index in [2.05, 4.69) is 10.5 Å². The summed E-state index contributed by atoms with van der Waals surface area (Å²) >= 11 is 0. The van der Waals surface area contributed by atoms with Crippen molar-refractivity contribution in [3.05, 3.63) is 71.5 Å². The molecule has 2 heterocycles. The third-order valence-corrected chi connectivity index (χ3v) is 4.96. The van der Waals surface area contributed by atoms with Gasteiger partial charge in [0.2, 0.25) is 0 Å². The first-order valence-electron chi connectivity index (χ1n) is 8.90. The second kappa shape index (κ2) is 8.75. The van der Waals surface area contributed by atoms with Gasteiger partial charge in [0.1, 0.15) is 5.78 Å². The molecular weight excluding hydrogens is 389 g/mol. The zero-order chi connectivity index (χ0) is 19.7. The standard InChI is InChI=1S/C20H18BN3O4.H2S/c22-10-17(14-3-4-18-16(9-14)20(26)24-28-21(18)27)19(25)8-12-1-2-15-11-23-6-5-13(15)7-12;/h1-7,9,11,17,27H,8,10,22H2,(H,24,26);1H2/t17-;/m1./s1. The Hall–Kier alpha value is -2.72. The summed E-state index contributed by atoms with van der Waals surface area (Å²) in [6.45, 7) is 0.121. The van der Waals surface area contributed by atoms with Crippen molar-refractivity contribution < 1.29 is 19.4 Å². The molecule has 4 rings (SSSR count). The molecule has 4 N–H and O–H groups in total. The van der Waals surface area contributed by atoms with Gasteiger partial charge in [-0.3, -0.25) is 19.3 Å². The number of ketones is 1. The third-order valence-electron chi connectivity index (χ3n) is 4.96. The number of amides is 1. The zero-order valence-corrected chi connectivity index (χ0v) is 16.5. The average Bonchev–Trinajstić information content (AvgIpc) is 2.71. The Morgan fingerprint density at radius 1 is 1.21 bits per heavy atom. The monoisotopic (exact) mass is 409 g/mol. The fourth-order valence-corrected chi connectivity index (χ4v) is 3.45. The van der Waals surface area contributed by atoms with Gasteiger partial charge in [-0.15, -0.1) is 0 Å². The van der Waals surface area contributed by atoms with Crippen molar-refractivity contribution >= 4 is 48.5 Å². The van der Waals surface area contributed by atoms with Crippen LogP contribution in [-0.4, -0.2) is 35.4 Å². The van der Waals surface area contributed by atoms with Gasteiger partial charge in [0.25, 0.3) is 5.91 Å². The Balaban J connectivity index is 0.00000240. The van der Waals surface area contributed by atoms with Crippen LogP contribution in [0.2, 0.25) is 0 Å². The summed E-state index contributed by atoms with van der Waals surface area (Å²) in [6, 6.07) is 12.6. The fraction of sp³-hybridized carbons (Fsp3) is 0.150. The van der Waals surface area contributed by atoms with E-state index in [1.807, 2.05) is 24.3 Å². The van der Waals surface area contributed by atoms with Gasteiger partial charge < -0.3 is 10.8 Å². The zero-order valence-electron chi connectivity index (χ0n) is 15.5. The minimum absolute atomic E-state index is 0. The molecule has 7 nitrogen and oxygen atoms in total. The van der Waals surface area contributed by atoms with E-state index in [9.17, 15) is 14.6 Å². The van der Waals surface area contributed by atoms with E-state index < -0.39 is 18.9 Å². The highest BCUT2D eigenvalue weighted by Gasteiger charge is 2.31. The molecule has 0 spiro atoms. The maximum atomic E-state index is 12.9. The molecule has 1 aromatic heterocycles. The molecule has 0 unspecified atom stereocenters. The van der Waals surface area contributed by atoms with Gasteiger partial charge in [0, 0.05) is 36.3 Å². The van der Waals surface area contributed by atoms with Gasteiger partial charge in [-0.1, -0.05) is 30.3 Å². The number of Topliss-reactive ketones (excluding diaryl/α,β-unsaturated/α-hetero) is 1. The van der Waals surface area contributed by atoms with Crippen molar-refractivity contribution in [3.8, 4) is 0 Å². The van der Waals surface area contributed by atoms with Crippen molar-refractivity contribution in [3.63, 3.8) is 0 Å². The van der Waals surface area contributed by atoms with Crippen LogP contribution >= 0.6 is 13.5 Å². The minimum Gasteiger partial charge on any atom is -0.422 e. The summed E-state index contributed by atoms with van der Waals surface area (Å²) in [7, 11) is -1.24. The number of nitrogens with zero attached hydrogens (tertiary/aromatic N) is 1. The van der Waals surface area contributed by atoms with E-state index in [0.29, 0.717) is 11.0 Å². The van der Waals surface area contributed by atoms with Crippen LogP contribution in [0.15, 0.2) is 54.9 Å². The molecule has 0 saturated carbocycles. The van der Waals surface area contributed by atoms with Crippen molar-refractivity contribution in [2.24, 2.45) is 5.73 Å². The number of hydrogen-bond acceptors (Lipinski definition) is 6. The molecular formula is C20H20BN3O4S. The van der Waals surface area contributed by atoms with Gasteiger partial charge >= 0.3 is 7.12 Å². The number of fused-ring (bicyclic) bond motifs is 2. The van der Waals surface area contributed by atoms with Gasteiger partial charge in [-0.25, -0.2) is 5.48 Å². The Kier molecular flexibility index (Phi) is 6.34. The lowest BCUT2D eigenvalue weighted by Gasteiger charge is -2.21. The van der Waals surface area contributed by atoms with Crippen LogP contribution in [0.5, 0.6) is 0 Å². The number of rotatable bonds is 5. The molecule has 1 aliphatic heterocycles. The van der Waals surface area contributed by atoms with Crippen LogP contribution in [0.3, 0.4) is 0 Å². The number of hydrogen-bond donors (Lipinski definition) is 3. The normalized spacial score (nSPS) is 14.0. The summed E-state index contributed by atoms with van der Waals surface area (Å²) in [5.74, 6) is -1.05. The lowest BCUT2D eigenvalue weighted by atomic mass is 9.74. The number of carbonyl (C=O) groups excluding carboxylic acids is 2. The van der Waals surface area contributed by atoms with E-state index in [1.54, 1.807) is 30.6 Å². The van der Waals surface area contributed by atoms with Gasteiger partial charge in [-0.2, -0.15) is 13.5 Å². The topological polar surface area (TPSA) is 115 Å². The van der Waals surface area contributed by atoms with Crippen molar-refractivity contribution in [1.29, 1.82) is 0 Å². The maximum absolute atomic E-state index is 12.9. The molecule has 148 valence electrons. The van der Waals surface area contributed by atoms with Crippen LogP contribution in [-0.2, 0) is 16.0 Å². The molecule has 29 heavy (non-hydrogen) atoms. The van der Waals surface area contributed by atoms with Crippen LogP contribution in [0.4, 0.5) is 0 Å². The Morgan fingerprint density at radius 2 is 2.03 bits per heavy atom. The molecule has 1 atom stereocenters. The molecule has 3 aromatic rings. The van der Waals surface area contributed by atoms with E-state index in [4.69, 9.17) is 10.5 Å². The van der Waals surface area contributed by atoms with Crippen molar-refractivity contribution in [2.45, 2.75) is 12.3 Å². The lowest BCUT2D eigenvalue weighted by Crippen LogP contribution is -2.50. The number of nitrogens with two attached hydrogens (primary N) is 1. The molecule has 0 fully saturated rings. The van der Waals surface area contributed by atoms with E-state index >= 15 is 0 Å². The summed E-state index contributed by atoms with van der Waals surface area (Å²) in [6.07, 6.45) is 3.72. The molecule has 1 amide bonds. The first kappa shape index (κ1) is 21.0. The largest absolute Gasteiger partial charge is 0.515 e. The van der Waals surface area contributed by atoms with Crippen LogP contribution in [0, 0.1) is 0 Å². The third kappa shape index (κ3) is 4.18. The molecule has 9 heteroatoms. The first-order valence-corrected chi connectivity index (χ1v) is 8.90. The molecule has 0 radical (unpaired) electrons. The summed E-state index contributed by atoms with van der Waals surface area (Å²) in [5, 5.41) is 11.9. The Labute approximate surface area is 174 Å². The summed E-state index contributed by atoms with van der Waals surface area (Å²) < 4.78 is 4.76. The van der Waals surface area contributed by atoms with Gasteiger partial charge in [-0.05, 0) is 34.1 Å². The predicted octanol–water partition coefficient (Wildman–Crippen LogP) is 0.564. The Morgan fingerprint density at radius 3 is 2.83 bits per heavy atom. The van der Waals surface area contributed by atoms with Gasteiger partial charge in [0.05, 0.1) is 5.92 Å².